The number of anilines is 2. The van der Waals surface area contributed by atoms with E-state index in [9.17, 15) is 14.9 Å². The number of carbonyl (C=O) groups excluding carboxylic acids is 2. The molecule has 0 saturated carbocycles. The van der Waals surface area contributed by atoms with Gasteiger partial charge in [-0.05, 0) is 68.0 Å². The van der Waals surface area contributed by atoms with E-state index in [0.717, 1.165) is 36.1 Å². The molecule has 0 bridgehead atoms. The van der Waals surface area contributed by atoms with Gasteiger partial charge in [-0.15, -0.1) is 23.1 Å². The number of thiophene rings is 1. The molecule has 0 fully saturated rings. The lowest BCUT2D eigenvalue weighted by atomic mass is 9.96. The van der Waals surface area contributed by atoms with Gasteiger partial charge >= 0.3 is 0 Å². The largest absolute Gasteiger partial charge is 0.496 e. The van der Waals surface area contributed by atoms with Gasteiger partial charge in [0.1, 0.15) is 28.1 Å². The normalized spacial score (nSPS) is 13.1. The molecule has 192 valence electrons. The van der Waals surface area contributed by atoms with E-state index in [1.807, 2.05) is 25.1 Å². The molecule has 1 aliphatic carbocycles. The number of nitrogens with zero attached hydrogens (tertiary/aromatic N) is 1. The van der Waals surface area contributed by atoms with Crippen LogP contribution in [0.1, 0.15) is 52.5 Å². The summed E-state index contributed by atoms with van der Waals surface area (Å²) in [6.07, 6.45) is 4.68. The van der Waals surface area contributed by atoms with Crippen LogP contribution >= 0.6 is 23.1 Å². The summed E-state index contributed by atoms with van der Waals surface area (Å²) in [5.74, 6) is 0.344. The minimum atomic E-state index is -0.356. The zero-order chi connectivity index (χ0) is 26.4. The van der Waals surface area contributed by atoms with Gasteiger partial charge in [0.15, 0.2) is 0 Å². The highest BCUT2D eigenvalue weighted by Gasteiger charge is 2.25. The molecule has 2 amide bonds. The first-order valence-electron chi connectivity index (χ1n) is 12.1. The second-order valence-corrected chi connectivity index (χ2v) is 10.9. The highest BCUT2D eigenvalue weighted by molar-refractivity contribution is 8.00. The van der Waals surface area contributed by atoms with Gasteiger partial charge in [-0.3, -0.25) is 9.59 Å². The Kier molecular flexibility index (Phi) is 8.74. The van der Waals surface area contributed by atoms with E-state index >= 15 is 0 Å². The number of carbonyl (C=O) groups is 2. The molecule has 1 atom stereocenters. The van der Waals surface area contributed by atoms with Crippen LogP contribution in [0.4, 0.5) is 10.7 Å². The molecule has 9 heteroatoms. The minimum absolute atomic E-state index is 0.129. The van der Waals surface area contributed by atoms with Crippen molar-refractivity contribution in [1.82, 2.24) is 0 Å². The average Bonchev–Trinajstić information content (AvgIpc) is 3.27. The number of benzene rings is 2. The third-order valence-electron chi connectivity index (χ3n) is 6.21. The molecular formula is C28H29N3O4S2. The standard InChI is InChI=1S/C28H29N3O4S2/c1-4-23(26(32)31-28-20(16-29)19-11-5-6-14-24(19)37-28)36-18-10-7-9-17(15-18)30-27(33)25-21(34-2)12-8-13-22(25)35-3/h7-10,12-13,15,23H,4-6,11,14H2,1-3H3,(H,30,33)(H,31,32). The SMILES string of the molecule is CCC(Sc1cccc(NC(=O)c2c(OC)cccc2OC)c1)C(=O)Nc1sc2c(c1C#N)CCCC2. The van der Waals surface area contributed by atoms with Crippen LogP contribution in [0.25, 0.3) is 0 Å². The Morgan fingerprint density at radius 3 is 2.46 bits per heavy atom. The summed E-state index contributed by atoms with van der Waals surface area (Å²) in [4.78, 5) is 28.3. The fraction of sp³-hybridized carbons (Fsp3) is 0.321. The Morgan fingerprint density at radius 2 is 1.78 bits per heavy atom. The summed E-state index contributed by atoms with van der Waals surface area (Å²) >= 11 is 2.96. The van der Waals surface area contributed by atoms with Crippen molar-refractivity contribution >= 4 is 45.6 Å². The lowest BCUT2D eigenvalue weighted by molar-refractivity contribution is -0.115. The molecule has 0 saturated heterocycles. The molecule has 4 rings (SSSR count). The molecule has 37 heavy (non-hydrogen) atoms. The maximum absolute atomic E-state index is 13.2. The number of amides is 2. The van der Waals surface area contributed by atoms with Crippen molar-refractivity contribution in [2.45, 2.75) is 49.2 Å². The van der Waals surface area contributed by atoms with Crippen LogP contribution in [0.5, 0.6) is 11.5 Å². The molecule has 1 aromatic heterocycles. The van der Waals surface area contributed by atoms with E-state index < -0.39 is 0 Å². The van der Waals surface area contributed by atoms with Crippen LogP contribution in [-0.4, -0.2) is 31.3 Å². The molecule has 1 heterocycles. The molecule has 1 unspecified atom stereocenters. The lowest BCUT2D eigenvalue weighted by Gasteiger charge is -2.16. The zero-order valence-corrected chi connectivity index (χ0v) is 22.7. The van der Waals surface area contributed by atoms with Crippen molar-refractivity contribution in [2.75, 3.05) is 24.9 Å². The first-order valence-corrected chi connectivity index (χ1v) is 13.8. The van der Waals surface area contributed by atoms with Crippen molar-refractivity contribution in [2.24, 2.45) is 0 Å². The summed E-state index contributed by atoms with van der Waals surface area (Å²) in [7, 11) is 3.01. The topological polar surface area (TPSA) is 100 Å². The van der Waals surface area contributed by atoms with Crippen LogP contribution in [0.15, 0.2) is 47.4 Å². The second-order valence-electron chi connectivity index (χ2n) is 8.55. The van der Waals surface area contributed by atoms with Crippen LogP contribution in [-0.2, 0) is 17.6 Å². The van der Waals surface area contributed by atoms with E-state index in [0.29, 0.717) is 39.7 Å². The Bertz CT molecular complexity index is 1320. The van der Waals surface area contributed by atoms with Gasteiger partial charge in [-0.25, -0.2) is 0 Å². The molecule has 2 aromatic carbocycles. The summed E-state index contributed by atoms with van der Waals surface area (Å²) < 4.78 is 10.7. The Morgan fingerprint density at radius 1 is 1.08 bits per heavy atom. The summed E-state index contributed by atoms with van der Waals surface area (Å²) in [5, 5.41) is 15.9. The van der Waals surface area contributed by atoms with Gasteiger partial charge < -0.3 is 20.1 Å². The number of nitrogens with one attached hydrogen (secondary N) is 2. The van der Waals surface area contributed by atoms with Crippen LogP contribution in [0, 0.1) is 11.3 Å². The first-order chi connectivity index (χ1) is 18.0. The number of hydrogen-bond acceptors (Lipinski definition) is 7. The molecule has 7 nitrogen and oxygen atoms in total. The predicted molar refractivity (Wildman–Crippen MR) is 148 cm³/mol. The molecular weight excluding hydrogens is 506 g/mol. The van der Waals surface area contributed by atoms with E-state index in [4.69, 9.17) is 9.47 Å². The van der Waals surface area contributed by atoms with Gasteiger partial charge in [0.2, 0.25) is 5.91 Å². The van der Waals surface area contributed by atoms with E-state index in [1.54, 1.807) is 24.3 Å². The summed E-state index contributed by atoms with van der Waals surface area (Å²) in [6.45, 7) is 1.96. The van der Waals surface area contributed by atoms with E-state index in [2.05, 4.69) is 16.7 Å². The fourth-order valence-electron chi connectivity index (χ4n) is 4.37. The van der Waals surface area contributed by atoms with Crippen molar-refractivity contribution in [3.63, 3.8) is 0 Å². The Balaban J connectivity index is 1.47. The highest BCUT2D eigenvalue weighted by Crippen LogP contribution is 2.38. The van der Waals surface area contributed by atoms with Crippen LogP contribution in [0.2, 0.25) is 0 Å². The number of thioether (sulfide) groups is 1. The number of fused-ring (bicyclic) bond motifs is 1. The number of nitriles is 1. The molecule has 0 spiro atoms. The number of methoxy groups -OCH3 is 2. The molecule has 1 aliphatic rings. The van der Waals surface area contributed by atoms with Gasteiger partial charge in [0.25, 0.3) is 5.91 Å². The lowest BCUT2D eigenvalue weighted by Crippen LogP contribution is -2.24. The van der Waals surface area contributed by atoms with Crippen molar-refractivity contribution in [1.29, 1.82) is 5.26 Å². The van der Waals surface area contributed by atoms with Gasteiger partial charge in [-0.1, -0.05) is 19.1 Å². The van der Waals surface area contributed by atoms with Gasteiger partial charge in [-0.2, -0.15) is 5.26 Å². The molecule has 2 N–H and O–H groups in total. The predicted octanol–water partition coefficient (Wildman–Crippen LogP) is 6.28. The van der Waals surface area contributed by atoms with Crippen molar-refractivity contribution < 1.29 is 19.1 Å². The Labute approximate surface area is 225 Å². The zero-order valence-electron chi connectivity index (χ0n) is 21.1. The van der Waals surface area contributed by atoms with Crippen LogP contribution in [0.3, 0.4) is 0 Å². The minimum Gasteiger partial charge on any atom is -0.496 e. The molecule has 0 aliphatic heterocycles. The highest BCUT2D eigenvalue weighted by atomic mass is 32.2. The maximum Gasteiger partial charge on any atom is 0.263 e. The van der Waals surface area contributed by atoms with E-state index in [1.165, 1.54) is 42.2 Å². The number of hydrogen-bond donors (Lipinski definition) is 2. The smallest absolute Gasteiger partial charge is 0.263 e. The quantitative estimate of drug-likeness (QED) is 0.313. The second kappa shape index (κ2) is 12.2. The summed E-state index contributed by atoms with van der Waals surface area (Å²) in [5.41, 5.74) is 2.62. The number of aryl methyl sites for hydroxylation is 1. The maximum atomic E-state index is 13.2. The van der Waals surface area contributed by atoms with Crippen molar-refractivity contribution in [3.05, 3.63) is 64.0 Å². The average molecular weight is 536 g/mol. The van der Waals surface area contributed by atoms with Crippen molar-refractivity contribution in [3.8, 4) is 17.6 Å². The summed E-state index contributed by atoms with van der Waals surface area (Å²) in [6, 6.07) is 14.8. The van der Waals surface area contributed by atoms with Crippen LogP contribution < -0.4 is 20.1 Å². The Hall–Kier alpha value is -3.48. The number of rotatable bonds is 9. The van der Waals surface area contributed by atoms with Gasteiger partial charge in [0.05, 0.1) is 25.0 Å². The molecule has 3 aromatic rings. The monoisotopic (exact) mass is 535 g/mol. The fourth-order valence-corrected chi connectivity index (χ4v) is 6.62. The third kappa shape index (κ3) is 5.92. The van der Waals surface area contributed by atoms with Gasteiger partial charge in [0, 0.05) is 15.5 Å². The number of ether oxygens (including phenoxy) is 2. The van der Waals surface area contributed by atoms with E-state index in [-0.39, 0.29) is 17.1 Å². The first kappa shape index (κ1) is 26.6. The molecule has 0 radical (unpaired) electrons. The third-order valence-corrected chi connectivity index (χ3v) is 8.77.